The number of carbonyl (C=O) groups is 2. The van der Waals surface area contributed by atoms with Crippen LogP contribution in [0.15, 0.2) is 52.9 Å². The van der Waals surface area contributed by atoms with E-state index >= 15 is 0 Å². The van der Waals surface area contributed by atoms with Gasteiger partial charge >= 0.3 is 6.09 Å². The number of fused-ring (bicyclic) bond motifs is 1. The summed E-state index contributed by atoms with van der Waals surface area (Å²) in [4.78, 5) is 24.0. The van der Waals surface area contributed by atoms with Crippen LogP contribution in [0.2, 0.25) is 0 Å². The standard InChI is InChI=1S/C23H27N3O4/c1-4-30-22(28)24-17-7-5-16(6-8-17)14-26-21(27)10-9-20(25-26)23-12-11-19(29-3)15(2)18(23)13-23/h5-8,11-12,18H,4,9-10,13-14H2,1-3H3,(H,24,28). The zero-order valence-electron chi connectivity index (χ0n) is 17.6. The van der Waals surface area contributed by atoms with Crippen LogP contribution < -0.4 is 5.32 Å². The highest BCUT2D eigenvalue weighted by molar-refractivity contribution is 6.00. The van der Waals surface area contributed by atoms with Gasteiger partial charge in [-0.15, -0.1) is 0 Å². The summed E-state index contributed by atoms with van der Waals surface area (Å²) in [6.45, 7) is 4.60. The Bertz CT molecular complexity index is 948. The average molecular weight is 409 g/mol. The number of nitrogens with zero attached hydrogens (tertiary/aromatic N) is 2. The van der Waals surface area contributed by atoms with Gasteiger partial charge in [-0.2, -0.15) is 5.10 Å². The molecule has 1 aliphatic heterocycles. The van der Waals surface area contributed by atoms with E-state index in [1.807, 2.05) is 18.2 Å². The topological polar surface area (TPSA) is 80.2 Å². The molecule has 0 aromatic heterocycles. The van der Waals surface area contributed by atoms with Gasteiger partial charge in [0.05, 0.1) is 20.3 Å². The molecule has 7 heteroatoms. The molecule has 0 radical (unpaired) electrons. The Morgan fingerprint density at radius 3 is 2.77 bits per heavy atom. The van der Waals surface area contributed by atoms with Gasteiger partial charge in [-0.05, 0) is 62.0 Å². The zero-order valence-corrected chi connectivity index (χ0v) is 17.6. The number of hydrogen-bond acceptors (Lipinski definition) is 5. The van der Waals surface area contributed by atoms with Crippen LogP contribution in [0.25, 0.3) is 0 Å². The van der Waals surface area contributed by atoms with Crippen LogP contribution in [-0.4, -0.2) is 36.4 Å². The molecule has 2 unspecified atom stereocenters. The molecule has 0 spiro atoms. The Balaban J connectivity index is 1.46. The Morgan fingerprint density at radius 2 is 2.07 bits per heavy atom. The van der Waals surface area contributed by atoms with E-state index in [4.69, 9.17) is 14.6 Å². The summed E-state index contributed by atoms with van der Waals surface area (Å²) in [6, 6.07) is 7.36. The van der Waals surface area contributed by atoms with Crippen molar-refractivity contribution < 1.29 is 19.1 Å². The van der Waals surface area contributed by atoms with E-state index in [0.29, 0.717) is 37.6 Å². The molecule has 1 N–H and O–H groups in total. The van der Waals surface area contributed by atoms with Crippen molar-refractivity contribution in [3.05, 3.63) is 53.3 Å². The monoisotopic (exact) mass is 409 g/mol. The number of methoxy groups -OCH3 is 1. The van der Waals surface area contributed by atoms with Gasteiger partial charge in [-0.25, -0.2) is 9.80 Å². The summed E-state index contributed by atoms with van der Waals surface area (Å²) in [5.41, 5.74) is 3.88. The predicted octanol–water partition coefficient (Wildman–Crippen LogP) is 4.23. The van der Waals surface area contributed by atoms with Gasteiger partial charge in [0.2, 0.25) is 5.91 Å². The van der Waals surface area contributed by atoms with Crippen molar-refractivity contribution in [1.29, 1.82) is 0 Å². The number of carbonyl (C=O) groups excluding carboxylic acids is 2. The predicted molar refractivity (Wildman–Crippen MR) is 114 cm³/mol. The minimum absolute atomic E-state index is 0.0331. The second-order valence-corrected chi connectivity index (χ2v) is 7.92. The van der Waals surface area contributed by atoms with Crippen LogP contribution >= 0.6 is 0 Å². The Hall–Kier alpha value is -3.09. The van der Waals surface area contributed by atoms with Crippen molar-refractivity contribution in [3.63, 3.8) is 0 Å². The lowest BCUT2D eigenvalue weighted by atomic mass is 9.86. The van der Waals surface area contributed by atoms with Crippen LogP contribution in [0.4, 0.5) is 10.5 Å². The van der Waals surface area contributed by atoms with Gasteiger partial charge in [-0.1, -0.05) is 18.2 Å². The quantitative estimate of drug-likeness (QED) is 0.762. The summed E-state index contributed by atoms with van der Waals surface area (Å²) in [5.74, 6) is 1.39. The van der Waals surface area contributed by atoms with Crippen LogP contribution in [0.3, 0.4) is 0 Å². The molecule has 0 bridgehead atoms. The summed E-state index contributed by atoms with van der Waals surface area (Å²) in [7, 11) is 1.70. The van der Waals surface area contributed by atoms with E-state index in [1.165, 1.54) is 5.57 Å². The van der Waals surface area contributed by atoms with Crippen LogP contribution in [-0.2, 0) is 20.8 Å². The molecule has 1 aromatic rings. The average Bonchev–Trinajstić information content (AvgIpc) is 3.49. The lowest BCUT2D eigenvalue weighted by Crippen LogP contribution is -2.35. The normalized spacial score (nSPS) is 24.9. The summed E-state index contributed by atoms with van der Waals surface area (Å²) in [6.07, 6.45) is 5.96. The lowest BCUT2D eigenvalue weighted by molar-refractivity contribution is -0.132. The molecule has 2 atom stereocenters. The second-order valence-electron chi connectivity index (χ2n) is 7.92. The molecule has 158 valence electrons. The summed E-state index contributed by atoms with van der Waals surface area (Å²) in [5, 5.41) is 9.01. The smallest absolute Gasteiger partial charge is 0.411 e. The maximum Gasteiger partial charge on any atom is 0.411 e. The molecule has 1 fully saturated rings. The van der Waals surface area contributed by atoms with Gasteiger partial charge < -0.3 is 9.47 Å². The first kappa shape index (κ1) is 20.2. The molecule has 2 amide bonds. The third-order valence-electron chi connectivity index (χ3n) is 6.12. The van der Waals surface area contributed by atoms with Gasteiger partial charge in [0.1, 0.15) is 5.76 Å². The number of allylic oxidation sites excluding steroid dienone is 3. The van der Waals surface area contributed by atoms with E-state index in [2.05, 4.69) is 18.3 Å². The summed E-state index contributed by atoms with van der Waals surface area (Å²) < 4.78 is 10.3. The Labute approximate surface area is 176 Å². The fraction of sp³-hybridized carbons (Fsp3) is 0.435. The van der Waals surface area contributed by atoms with E-state index in [0.717, 1.165) is 23.5 Å². The van der Waals surface area contributed by atoms with Gasteiger partial charge in [-0.3, -0.25) is 10.1 Å². The second kappa shape index (κ2) is 7.97. The molecule has 4 rings (SSSR count). The molecule has 2 aliphatic carbocycles. The highest BCUT2D eigenvalue weighted by atomic mass is 16.5. The zero-order chi connectivity index (χ0) is 21.3. The van der Waals surface area contributed by atoms with Crippen molar-refractivity contribution in [3.8, 4) is 0 Å². The number of ether oxygens (including phenoxy) is 2. The van der Waals surface area contributed by atoms with Crippen LogP contribution in [0.5, 0.6) is 0 Å². The number of amides is 2. The molecular formula is C23H27N3O4. The number of hydrogen-bond donors (Lipinski definition) is 1. The molecule has 1 aromatic carbocycles. The summed E-state index contributed by atoms with van der Waals surface area (Å²) >= 11 is 0. The molecule has 3 aliphatic rings. The van der Waals surface area contributed by atoms with E-state index < -0.39 is 6.09 Å². The highest BCUT2D eigenvalue weighted by Gasteiger charge is 2.59. The van der Waals surface area contributed by atoms with Crippen molar-refractivity contribution in [1.82, 2.24) is 5.01 Å². The van der Waals surface area contributed by atoms with E-state index in [1.54, 1.807) is 31.2 Å². The molecule has 1 saturated carbocycles. The third kappa shape index (κ3) is 3.72. The fourth-order valence-corrected chi connectivity index (χ4v) is 4.38. The maximum absolute atomic E-state index is 12.5. The van der Waals surface area contributed by atoms with E-state index in [-0.39, 0.29) is 11.3 Å². The first-order chi connectivity index (χ1) is 14.5. The molecule has 0 saturated heterocycles. The third-order valence-corrected chi connectivity index (χ3v) is 6.12. The van der Waals surface area contributed by atoms with Gasteiger partial charge in [0.25, 0.3) is 0 Å². The molecular weight excluding hydrogens is 382 g/mol. The number of anilines is 1. The van der Waals surface area contributed by atoms with Gasteiger partial charge in [0.15, 0.2) is 0 Å². The maximum atomic E-state index is 12.5. The first-order valence-corrected chi connectivity index (χ1v) is 10.3. The SMILES string of the molecule is CCOC(=O)Nc1ccc(CN2N=C(C34C=CC(OC)=C(C)C3C4)CCC2=O)cc1. The van der Waals surface area contributed by atoms with Crippen LogP contribution in [0, 0.1) is 11.3 Å². The lowest BCUT2D eigenvalue weighted by Gasteiger charge is -2.28. The first-order valence-electron chi connectivity index (χ1n) is 10.3. The Kier molecular flexibility index (Phi) is 5.37. The number of nitrogens with one attached hydrogen (secondary N) is 1. The number of rotatable bonds is 6. The minimum atomic E-state index is -0.481. The molecule has 7 nitrogen and oxygen atoms in total. The van der Waals surface area contributed by atoms with Gasteiger partial charge in [0, 0.05) is 23.2 Å². The number of hydrazone groups is 1. The van der Waals surface area contributed by atoms with Crippen molar-refractivity contribution in [2.75, 3.05) is 19.0 Å². The van der Waals surface area contributed by atoms with Crippen molar-refractivity contribution in [2.24, 2.45) is 16.4 Å². The minimum Gasteiger partial charge on any atom is -0.497 e. The van der Waals surface area contributed by atoms with Crippen molar-refractivity contribution in [2.45, 2.75) is 39.7 Å². The fourth-order valence-electron chi connectivity index (χ4n) is 4.38. The van der Waals surface area contributed by atoms with Crippen LogP contribution in [0.1, 0.15) is 38.7 Å². The Morgan fingerprint density at radius 1 is 1.30 bits per heavy atom. The van der Waals surface area contributed by atoms with E-state index in [9.17, 15) is 9.59 Å². The molecule has 30 heavy (non-hydrogen) atoms. The number of benzene rings is 1. The van der Waals surface area contributed by atoms with Crippen molar-refractivity contribution >= 4 is 23.4 Å². The highest BCUT2D eigenvalue weighted by Crippen LogP contribution is 2.62. The largest absolute Gasteiger partial charge is 0.497 e. The molecule has 1 heterocycles.